The maximum Gasteiger partial charge on any atom is 0.232 e. The van der Waals surface area contributed by atoms with Gasteiger partial charge in [0.05, 0.1) is 17.9 Å². The molecule has 1 aromatic rings. The van der Waals surface area contributed by atoms with Gasteiger partial charge in [-0.25, -0.2) is 0 Å². The summed E-state index contributed by atoms with van der Waals surface area (Å²) in [6.07, 6.45) is 0. The lowest BCUT2D eigenvalue weighted by Gasteiger charge is -2.33. The Bertz CT molecular complexity index is 420. The molecule has 0 aromatic heterocycles. The largest absolute Gasteiger partial charge is 0.394 e. The fourth-order valence-corrected chi connectivity index (χ4v) is 2.40. The Morgan fingerprint density at radius 3 is 2.47 bits per heavy atom. The molecule has 0 radical (unpaired) electrons. The van der Waals surface area contributed by atoms with E-state index in [2.05, 4.69) is 0 Å². The first-order chi connectivity index (χ1) is 8.86. The van der Waals surface area contributed by atoms with Crippen molar-refractivity contribution in [1.29, 1.82) is 0 Å². The van der Waals surface area contributed by atoms with Gasteiger partial charge in [0.15, 0.2) is 0 Å². The summed E-state index contributed by atoms with van der Waals surface area (Å²) in [5.74, 6) is 1.21. The van der Waals surface area contributed by atoms with Crippen LogP contribution in [0.5, 0.6) is 0 Å². The van der Waals surface area contributed by atoms with E-state index in [1.54, 1.807) is 23.7 Å². The number of hydrogen-bond acceptors (Lipinski definition) is 3. The number of likely N-dealkylation sites (N-methyl/N-ethyl adjacent to an activating group) is 1. The Hall–Kier alpha value is -0.710. The molecule has 1 rings (SSSR count). The van der Waals surface area contributed by atoms with Crippen LogP contribution in [-0.2, 0) is 10.5 Å². The molecule has 0 saturated carbocycles. The van der Waals surface area contributed by atoms with Gasteiger partial charge in [-0.2, -0.15) is 0 Å². The molecular formula is C14H20ClNO2S. The predicted molar refractivity (Wildman–Crippen MR) is 81.5 cm³/mol. The van der Waals surface area contributed by atoms with E-state index in [4.69, 9.17) is 11.6 Å². The SMILES string of the molecule is CN(C(=O)CSCc1ccc(Cl)cc1)C(C)(C)CO. The predicted octanol–water partition coefficient (Wildman–Crippen LogP) is 2.80. The fourth-order valence-electron chi connectivity index (χ4n) is 1.38. The summed E-state index contributed by atoms with van der Waals surface area (Å²) in [7, 11) is 1.72. The lowest BCUT2D eigenvalue weighted by Crippen LogP contribution is -2.48. The molecule has 0 atom stereocenters. The zero-order chi connectivity index (χ0) is 14.5. The summed E-state index contributed by atoms with van der Waals surface area (Å²) in [6, 6.07) is 7.61. The van der Waals surface area contributed by atoms with Crippen LogP contribution < -0.4 is 0 Å². The van der Waals surface area contributed by atoms with Crippen molar-refractivity contribution in [3.05, 3.63) is 34.9 Å². The van der Waals surface area contributed by atoms with E-state index in [9.17, 15) is 9.90 Å². The number of carbonyl (C=O) groups excluding carboxylic acids is 1. The molecule has 0 saturated heterocycles. The van der Waals surface area contributed by atoms with Crippen LogP contribution in [0.1, 0.15) is 19.4 Å². The minimum absolute atomic E-state index is 0.0259. The van der Waals surface area contributed by atoms with Crippen molar-refractivity contribution in [2.45, 2.75) is 25.1 Å². The van der Waals surface area contributed by atoms with E-state index < -0.39 is 5.54 Å². The van der Waals surface area contributed by atoms with Crippen LogP contribution in [0.4, 0.5) is 0 Å². The van der Waals surface area contributed by atoms with Crippen molar-refractivity contribution in [1.82, 2.24) is 4.90 Å². The Labute approximate surface area is 123 Å². The number of benzene rings is 1. The number of aliphatic hydroxyl groups excluding tert-OH is 1. The minimum Gasteiger partial charge on any atom is -0.394 e. The number of aliphatic hydroxyl groups is 1. The second-order valence-electron chi connectivity index (χ2n) is 5.04. The number of rotatable bonds is 6. The Morgan fingerprint density at radius 1 is 1.37 bits per heavy atom. The number of nitrogens with zero attached hydrogens (tertiary/aromatic N) is 1. The van der Waals surface area contributed by atoms with Crippen LogP contribution in [0.3, 0.4) is 0 Å². The smallest absolute Gasteiger partial charge is 0.232 e. The second kappa shape index (κ2) is 7.17. The second-order valence-corrected chi connectivity index (χ2v) is 6.46. The summed E-state index contributed by atoms with van der Waals surface area (Å²) in [6.45, 7) is 3.64. The molecule has 1 N–H and O–H groups in total. The van der Waals surface area contributed by atoms with E-state index in [0.29, 0.717) is 10.8 Å². The quantitative estimate of drug-likeness (QED) is 0.878. The molecule has 1 amide bonds. The molecule has 106 valence electrons. The third-order valence-electron chi connectivity index (χ3n) is 3.08. The van der Waals surface area contributed by atoms with Crippen LogP contribution in [0.25, 0.3) is 0 Å². The molecule has 5 heteroatoms. The third-order valence-corrected chi connectivity index (χ3v) is 4.32. The highest BCUT2D eigenvalue weighted by Gasteiger charge is 2.26. The zero-order valence-electron chi connectivity index (χ0n) is 11.5. The number of halogens is 1. The van der Waals surface area contributed by atoms with Gasteiger partial charge in [-0.3, -0.25) is 4.79 Å². The zero-order valence-corrected chi connectivity index (χ0v) is 13.1. The molecule has 19 heavy (non-hydrogen) atoms. The van der Waals surface area contributed by atoms with E-state index in [-0.39, 0.29) is 12.5 Å². The highest BCUT2D eigenvalue weighted by Crippen LogP contribution is 2.18. The molecule has 0 aliphatic heterocycles. The third kappa shape index (κ3) is 5.05. The first-order valence-electron chi connectivity index (χ1n) is 6.06. The van der Waals surface area contributed by atoms with Crippen molar-refractivity contribution in [3.63, 3.8) is 0 Å². The molecule has 0 unspecified atom stereocenters. The fraction of sp³-hybridized carbons (Fsp3) is 0.500. The lowest BCUT2D eigenvalue weighted by atomic mass is 10.1. The topological polar surface area (TPSA) is 40.5 Å². The summed E-state index contributed by atoms with van der Waals surface area (Å²) in [4.78, 5) is 13.6. The van der Waals surface area contributed by atoms with E-state index >= 15 is 0 Å². The number of amides is 1. The highest BCUT2D eigenvalue weighted by atomic mass is 35.5. The molecule has 3 nitrogen and oxygen atoms in total. The highest BCUT2D eigenvalue weighted by molar-refractivity contribution is 7.99. The normalized spacial score (nSPS) is 11.4. The van der Waals surface area contributed by atoms with Crippen molar-refractivity contribution < 1.29 is 9.90 Å². The standard InChI is InChI=1S/C14H20ClNO2S/c1-14(2,10-17)16(3)13(18)9-19-8-11-4-6-12(15)7-5-11/h4-7,17H,8-10H2,1-3H3. The number of thioether (sulfide) groups is 1. The molecule has 0 aliphatic rings. The van der Waals surface area contributed by atoms with Gasteiger partial charge >= 0.3 is 0 Å². The summed E-state index contributed by atoms with van der Waals surface area (Å²) >= 11 is 7.37. The molecule has 0 aliphatic carbocycles. The van der Waals surface area contributed by atoms with Crippen molar-refractivity contribution in [3.8, 4) is 0 Å². The molecular weight excluding hydrogens is 282 g/mol. The van der Waals surface area contributed by atoms with Crippen molar-refractivity contribution in [2.24, 2.45) is 0 Å². The lowest BCUT2D eigenvalue weighted by molar-refractivity contribution is -0.133. The van der Waals surface area contributed by atoms with Crippen LogP contribution >= 0.6 is 23.4 Å². The van der Waals surface area contributed by atoms with Crippen LogP contribution in [0.15, 0.2) is 24.3 Å². The summed E-state index contributed by atoms with van der Waals surface area (Å²) < 4.78 is 0. The van der Waals surface area contributed by atoms with Gasteiger partial charge in [0, 0.05) is 17.8 Å². The summed E-state index contributed by atoms with van der Waals surface area (Å²) in [5, 5.41) is 9.95. The van der Waals surface area contributed by atoms with Crippen LogP contribution in [0, 0.1) is 0 Å². The van der Waals surface area contributed by atoms with Gasteiger partial charge < -0.3 is 10.0 Å². The molecule has 1 aromatic carbocycles. The first kappa shape index (κ1) is 16.3. The van der Waals surface area contributed by atoms with Crippen LogP contribution in [-0.4, -0.2) is 40.9 Å². The maximum absolute atomic E-state index is 12.0. The Kier molecular flexibility index (Phi) is 6.17. The van der Waals surface area contributed by atoms with E-state index in [1.807, 2.05) is 38.1 Å². The monoisotopic (exact) mass is 301 g/mol. The first-order valence-corrected chi connectivity index (χ1v) is 7.60. The number of hydrogen-bond donors (Lipinski definition) is 1. The van der Waals surface area contributed by atoms with Gasteiger partial charge in [-0.1, -0.05) is 23.7 Å². The number of carbonyl (C=O) groups is 1. The van der Waals surface area contributed by atoms with E-state index in [0.717, 1.165) is 11.3 Å². The van der Waals surface area contributed by atoms with Crippen molar-refractivity contribution in [2.75, 3.05) is 19.4 Å². The molecule has 0 spiro atoms. The van der Waals surface area contributed by atoms with E-state index in [1.165, 1.54) is 0 Å². The Morgan fingerprint density at radius 2 is 1.95 bits per heavy atom. The van der Waals surface area contributed by atoms with Gasteiger partial charge in [-0.05, 0) is 31.5 Å². The van der Waals surface area contributed by atoms with Gasteiger partial charge in [0.25, 0.3) is 0 Å². The minimum atomic E-state index is -0.516. The van der Waals surface area contributed by atoms with Gasteiger partial charge in [0.2, 0.25) is 5.91 Å². The van der Waals surface area contributed by atoms with Gasteiger partial charge in [0.1, 0.15) is 0 Å². The molecule has 0 bridgehead atoms. The Balaban J connectivity index is 2.41. The van der Waals surface area contributed by atoms with Crippen molar-refractivity contribution >= 4 is 29.3 Å². The average Bonchev–Trinajstić information content (AvgIpc) is 2.40. The molecule has 0 heterocycles. The summed E-state index contributed by atoms with van der Waals surface area (Å²) in [5.41, 5.74) is 0.629. The van der Waals surface area contributed by atoms with Crippen LogP contribution in [0.2, 0.25) is 5.02 Å². The average molecular weight is 302 g/mol. The molecule has 0 fully saturated rings. The maximum atomic E-state index is 12.0. The van der Waals surface area contributed by atoms with Gasteiger partial charge in [-0.15, -0.1) is 11.8 Å².